The number of unbranched alkanes of at least 4 members (excludes halogenated alkanes) is 2. The van der Waals surface area contributed by atoms with E-state index in [2.05, 4.69) is 39.8 Å². The normalized spacial score (nSPS) is 19.7. The smallest absolute Gasteiger partial charge is 1.00 e. The molecule has 0 saturated carbocycles. The average molecular weight is 548 g/mol. The van der Waals surface area contributed by atoms with Crippen LogP contribution in [-0.2, 0) is 20.0 Å². The molecule has 3 aliphatic rings. The zero-order valence-electron chi connectivity index (χ0n) is 16.5. The molecule has 2 aliphatic carbocycles. The molecule has 3 rings (SSSR count). The second-order valence-electron chi connectivity index (χ2n) is 7.86. The van der Waals surface area contributed by atoms with Crippen LogP contribution in [0.3, 0.4) is 0 Å². The molecule has 0 aromatic carbocycles. The van der Waals surface area contributed by atoms with Gasteiger partial charge in [0, 0.05) is 0 Å². The second kappa shape index (κ2) is 10.1. The first-order valence-electron chi connectivity index (χ1n) is 9.93. The van der Waals surface area contributed by atoms with Crippen LogP contribution in [0.2, 0.25) is 8.35 Å². The fraction of sp³-hybridized carbons (Fsp3) is 0.636. The quantitative estimate of drug-likeness (QED) is 0.405. The van der Waals surface area contributed by atoms with E-state index in [1.165, 1.54) is 51.4 Å². The summed E-state index contributed by atoms with van der Waals surface area (Å²) >= 11 is -2.23. The van der Waals surface area contributed by atoms with E-state index in [9.17, 15) is 0 Å². The molecule has 0 bridgehead atoms. The van der Waals surface area contributed by atoms with Gasteiger partial charge in [-0.05, 0) is 0 Å². The van der Waals surface area contributed by atoms with Crippen LogP contribution in [0.15, 0.2) is 41.1 Å². The summed E-state index contributed by atoms with van der Waals surface area (Å²) in [6, 6.07) is 0. The number of halogens is 2. The van der Waals surface area contributed by atoms with E-state index in [1.807, 2.05) is 6.66 Å². The van der Waals surface area contributed by atoms with E-state index >= 15 is 0 Å². The summed E-state index contributed by atoms with van der Waals surface area (Å²) in [6.07, 6.45) is 15.9. The van der Waals surface area contributed by atoms with Gasteiger partial charge < -0.3 is 24.8 Å². The number of hydrogen-bond acceptors (Lipinski definition) is 0. The van der Waals surface area contributed by atoms with Gasteiger partial charge in [0.25, 0.3) is 0 Å². The Bertz CT molecular complexity index is 554. The van der Waals surface area contributed by atoms with Crippen LogP contribution in [0.5, 0.6) is 0 Å². The molecule has 0 amide bonds. The molecule has 25 heavy (non-hydrogen) atoms. The topological polar surface area (TPSA) is 0 Å². The third-order valence-electron chi connectivity index (χ3n) is 6.48. The first kappa shape index (κ1) is 23.4. The van der Waals surface area contributed by atoms with Crippen molar-refractivity contribution in [1.29, 1.82) is 0 Å². The summed E-state index contributed by atoms with van der Waals surface area (Å²) < 4.78 is 7.25. The average Bonchev–Trinajstić information content (AvgIpc) is 3.13. The molecule has 0 spiro atoms. The van der Waals surface area contributed by atoms with E-state index in [-0.39, 0.29) is 24.8 Å². The summed E-state index contributed by atoms with van der Waals surface area (Å²) in [4.78, 5) is 0. The van der Waals surface area contributed by atoms with Gasteiger partial charge in [0.15, 0.2) is 0 Å². The van der Waals surface area contributed by atoms with Crippen LogP contribution >= 0.6 is 0 Å². The Balaban J connectivity index is 0.00000156. The molecule has 0 nitrogen and oxygen atoms in total. The first-order valence-corrected chi connectivity index (χ1v) is 18.6. The molecule has 140 valence electrons. The van der Waals surface area contributed by atoms with Crippen molar-refractivity contribution in [2.24, 2.45) is 0 Å². The summed E-state index contributed by atoms with van der Waals surface area (Å²) in [7, 11) is 0. The fourth-order valence-corrected chi connectivity index (χ4v) is 28.5. The van der Waals surface area contributed by atoms with E-state index in [1.54, 1.807) is 30.6 Å². The van der Waals surface area contributed by atoms with Gasteiger partial charge in [-0.2, -0.15) is 0 Å². The Morgan fingerprint density at radius 3 is 1.48 bits per heavy atom. The van der Waals surface area contributed by atoms with E-state index in [0.29, 0.717) is 0 Å². The van der Waals surface area contributed by atoms with Gasteiger partial charge in [0.05, 0.1) is 0 Å². The zero-order chi connectivity index (χ0) is 16.4. The Kier molecular flexibility index (Phi) is 9.47. The van der Waals surface area contributed by atoms with Crippen molar-refractivity contribution in [3.05, 3.63) is 41.1 Å². The van der Waals surface area contributed by atoms with E-state index < -0.39 is 20.0 Å². The van der Waals surface area contributed by atoms with Crippen LogP contribution in [0.25, 0.3) is 0 Å². The van der Waals surface area contributed by atoms with Gasteiger partial charge >= 0.3 is 148 Å². The molecule has 0 aromatic rings. The molecular weight excluding hydrogens is 514 g/mol. The van der Waals surface area contributed by atoms with Crippen molar-refractivity contribution in [2.45, 2.75) is 87.4 Å². The minimum absolute atomic E-state index is 0. The Hall–Kier alpha value is 0.410. The fourth-order valence-electron chi connectivity index (χ4n) is 4.78. The first-order chi connectivity index (χ1) is 11.1. The molecule has 3 heteroatoms. The molecule has 1 heterocycles. The number of hydrogen-bond donors (Lipinski definition) is 0. The maximum atomic E-state index is 2.59. The Morgan fingerprint density at radius 2 is 1.16 bits per heavy atom. The van der Waals surface area contributed by atoms with E-state index in [0.717, 1.165) is 0 Å². The predicted molar refractivity (Wildman–Crippen MR) is 99.5 cm³/mol. The molecule has 0 aromatic heterocycles. The van der Waals surface area contributed by atoms with Crippen LogP contribution in [0.4, 0.5) is 0 Å². The number of allylic oxidation sites excluding steroid dienone is 8. The summed E-state index contributed by atoms with van der Waals surface area (Å²) in [6.45, 7) is 9.54. The van der Waals surface area contributed by atoms with E-state index in [4.69, 9.17) is 0 Å². The zero-order valence-corrected chi connectivity index (χ0v) is 21.6. The van der Waals surface area contributed by atoms with Crippen molar-refractivity contribution in [2.75, 3.05) is 0 Å². The van der Waals surface area contributed by atoms with Crippen molar-refractivity contribution in [3.8, 4) is 0 Å². The molecule has 1 fully saturated rings. The molecule has 1 saturated heterocycles. The largest absolute Gasteiger partial charge is 1.00 e. The van der Waals surface area contributed by atoms with Gasteiger partial charge in [-0.25, -0.2) is 0 Å². The van der Waals surface area contributed by atoms with Gasteiger partial charge in [-0.1, -0.05) is 0 Å². The van der Waals surface area contributed by atoms with Crippen molar-refractivity contribution >= 4 is 0 Å². The monoisotopic (exact) mass is 548 g/mol. The maximum Gasteiger partial charge on any atom is -1.00 e. The summed E-state index contributed by atoms with van der Waals surface area (Å²) in [5.74, 6) is 0. The Labute approximate surface area is 172 Å². The van der Waals surface area contributed by atoms with Gasteiger partial charge in [-0.3, -0.25) is 0 Å². The third-order valence-corrected chi connectivity index (χ3v) is 24.3. The molecule has 0 radical (unpaired) electrons. The maximum absolute atomic E-state index is 2.59. The van der Waals surface area contributed by atoms with Crippen LogP contribution in [-0.4, -0.2) is 0 Å². The molecular formula is C22H34Cl2Hf. The Morgan fingerprint density at radius 1 is 0.760 bits per heavy atom. The van der Waals surface area contributed by atoms with Crippen LogP contribution in [0.1, 0.15) is 79.1 Å². The second-order valence-corrected chi connectivity index (χ2v) is 23.6. The standard InChI is InChI=1S/2C10H15.C2H4.2ClH.Hf/c2*1-3-4-7-10-8-5-6-9(10)2;1-2;;;/h2*8H,3-5,7H2,1-2H3;1-2H2;2*1H;/q;;;;;+2/p-2. The molecule has 0 atom stereocenters. The number of rotatable bonds is 8. The SMILES string of the molecule is CCCCC1=CC[C]([Hf+2]2([C]3=C(C)C(CCCC)=CC3)[CH2][CH2]2)=C1C.[Cl-].[Cl-]. The van der Waals surface area contributed by atoms with Crippen molar-refractivity contribution in [1.82, 2.24) is 0 Å². The van der Waals surface area contributed by atoms with Gasteiger partial charge in [0.2, 0.25) is 0 Å². The predicted octanol–water partition coefficient (Wildman–Crippen LogP) is 1.59. The van der Waals surface area contributed by atoms with Crippen molar-refractivity contribution < 1.29 is 44.8 Å². The van der Waals surface area contributed by atoms with Gasteiger partial charge in [0.1, 0.15) is 0 Å². The molecule has 0 N–H and O–H groups in total. The summed E-state index contributed by atoms with van der Waals surface area (Å²) in [5.41, 5.74) is 6.92. The molecule has 0 unspecified atom stereocenters. The van der Waals surface area contributed by atoms with Crippen LogP contribution < -0.4 is 24.8 Å². The summed E-state index contributed by atoms with van der Waals surface area (Å²) in [5, 5.41) is 0. The minimum atomic E-state index is -2.23. The van der Waals surface area contributed by atoms with Crippen molar-refractivity contribution in [3.63, 3.8) is 0 Å². The third kappa shape index (κ3) is 4.64. The molecule has 1 aliphatic heterocycles. The minimum Gasteiger partial charge on any atom is -1.00 e. The van der Waals surface area contributed by atoms with Gasteiger partial charge in [-0.15, -0.1) is 0 Å². The van der Waals surface area contributed by atoms with Crippen LogP contribution in [0, 0.1) is 0 Å².